The average Bonchev–Trinajstić information content (AvgIpc) is 2.83. The van der Waals surface area contributed by atoms with Crippen LogP contribution in [-0.4, -0.2) is 27.8 Å². The van der Waals surface area contributed by atoms with Crippen LogP contribution in [0, 0.1) is 5.92 Å². The van der Waals surface area contributed by atoms with Crippen molar-refractivity contribution in [1.29, 1.82) is 0 Å². The minimum absolute atomic E-state index is 0.244. The fraction of sp³-hybridized carbons (Fsp3) is 0.692. The van der Waals surface area contributed by atoms with Crippen molar-refractivity contribution in [1.82, 2.24) is 14.9 Å². The minimum Gasteiger partial charge on any atom is -0.347 e. The standard InChI is InChI=1S/C13H21N3O/c1-16(10-12-14-7-8-15-12)13(17)9-11-5-3-2-4-6-11/h7-8,11H,2-6,9-10H2,1H3,(H,14,15). The number of H-pyrrole nitrogens is 1. The SMILES string of the molecule is CN(Cc1ncc[nH]1)C(=O)CC1CCCCC1. The number of hydrogen-bond acceptors (Lipinski definition) is 2. The van der Waals surface area contributed by atoms with E-state index < -0.39 is 0 Å². The summed E-state index contributed by atoms with van der Waals surface area (Å²) in [4.78, 5) is 21.0. The molecule has 4 nitrogen and oxygen atoms in total. The Labute approximate surface area is 102 Å². The molecule has 1 fully saturated rings. The van der Waals surface area contributed by atoms with Gasteiger partial charge in [0.15, 0.2) is 0 Å². The Hall–Kier alpha value is -1.32. The zero-order valence-corrected chi connectivity index (χ0v) is 10.5. The molecule has 0 unspecified atom stereocenters. The van der Waals surface area contributed by atoms with E-state index in [1.807, 2.05) is 7.05 Å². The molecule has 94 valence electrons. The number of carbonyl (C=O) groups excluding carboxylic acids is 1. The Morgan fingerprint density at radius 3 is 2.88 bits per heavy atom. The number of rotatable bonds is 4. The highest BCUT2D eigenvalue weighted by Gasteiger charge is 2.19. The predicted octanol–water partition coefficient (Wildman–Crippen LogP) is 2.34. The second-order valence-corrected chi connectivity index (χ2v) is 4.99. The molecule has 0 bridgehead atoms. The summed E-state index contributed by atoms with van der Waals surface area (Å²) in [7, 11) is 1.85. The Kier molecular flexibility index (Phi) is 4.18. The molecule has 1 N–H and O–H groups in total. The van der Waals surface area contributed by atoms with E-state index in [2.05, 4.69) is 9.97 Å². The third-order valence-corrected chi connectivity index (χ3v) is 3.56. The molecule has 4 heteroatoms. The first-order valence-electron chi connectivity index (χ1n) is 6.48. The van der Waals surface area contributed by atoms with Crippen molar-refractivity contribution in [2.24, 2.45) is 5.92 Å². The van der Waals surface area contributed by atoms with E-state index in [4.69, 9.17) is 0 Å². The molecule has 1 amide bonds. The van der Waals surface area contributed by atoms with Crippen LogP contribution in [0.15, 0.2) is 12.4 Å². The van der Waals surface area contributed by atoms with Gasteiger partial charge in [-0.15, -0.1) is 0 Å². The highest BCUT2D eigenvalue weighted by Crippen LogP contribution is 2.26. The summed E-state index contributed by atoms with van der Waals surface area (Å²) in [6.45, 7) is 0.582. The van der Waals surface area contributed by atoms with Gasteiger partial charge in [-0.2, -0.15) is 0 Å². The van der Waals surface area contributed by atoms with Crippen LogP contribution in [0.1, 0.15) is 44.3 Å². The topological polar surface area (TPSA) is 49.0 Å². The molecule has 1 aliphatic carbocycles. The zero-order valence-electron chi connectivity index (χ0n) is 10.5. The number of amides is 1. The fourth-order valence-electron chi connectivity index (χ4n) is 2.49. The maximum Gasteiger partial charge on any atom is 0.222 e. The summed E-state index contributed by atoms with van der Waals surface area (Å²) in [5, 5.41) is 0. The number of hydrogen-bond donors (Lipinski definition) is 1. The normalized spacial score (nSPS) is 17.0. The molecular weight excluding hydrogens is 214 g/mol. The van der Waals surface area contributed by atoms with E-state index in [1.54, 1.807) is 17.3 Å². The summed E-state index contributed by atoms with van der Waals surface area (Å²) >= 11 is 0. The number of imidazole rings is 1. The van der Waals surface area contributed by atoms with Crippen molar-refractivity contribution in [2.45, 2.75) is 45.1 Å². The van der Waals surface area contributed by atoms with E-state index in [9.17, 15) is 4.79 Å². The van der Waals surface area contributed by atoms with E-state index in [1.165, 1.54) is 32.1 Å². The van der Waals surface area contributed by atoms with Crippen LogP contribution in [0.25, 0.3) is 0 Å². The molecule has 1 aromatic heterocycles. The van der Waals surface area contributed by atoms with Crippen LogP contribution in [0.2, 0.25) is 0 Å². The van der Waals surface area contributed by atoms with Crippen LogP contribution in [0.3, 0.4) is 0 Å². The summed E-state index contributed by atoms with van der Waals surface area (Å²) in [6, 6.07) is 0. The van der Waals surface area contributed by atoms with Gasteiger partial charge in [0.2, 0.25) is 5.91 Å². The Morgan fingerprint density at radius 1 is 1.47 bits per heavy atom. The first-order valence-corrected chi connectivity index (χ1v) is 6.48. The third-order valence-electron chi connectivity index (χ3n) is 3.56. The molecule has 0 saturated heterocycles. The van der Waals surface area contributed by atoms with Crippen LogP contribution >= 0.6 is 0 Å². The quantitative estimate of drug-likeness (QED) is 0.870. The molecule has 0 spiro atoms. The monoisotopic (exact) mass is 235 g/mol. The lowest BCUT2D eigenvalue weighted by molar-refractivity contribution is -0.131. The summed E-state index contributed by atoms with van der Waals surface area (Å²) < 4.78 is 0. The van der Waals surface area contributed by atoms with Gasteiger partial charge < -0.3 is 9.88 Å². The van der Waals surface area contributed by atoms with E-state index >= 15 is 0 Å². The maximum absolute atomic E-state index is 12.0. The molecule has 17 heavy (non-hydrogen) atoms. The van der Waals surface area contributed by atoms with Gasteiger partial charge >= 0.3 is 0 Å². The van der Waals surface area contributed by atoms with Gasteiger partial charge in [0, 0.05) is 25.9 Å². The summed E-state index contributed by atoms with van der Waals surface area (Å²) in [6.07, 6.45) is 10.6. The van der Waals surface area contributed by atoms with Gasteiger partial charge in [-0.05, 0) is 18.8 Å². The number of aromatic nitrogens is 2. The largest absolute Gasteiger partial charge is 0.347 e. The molecular formula is C13H21N3O. The lowest BCUT2D eigenvalue weighted by Gasteiger charge is -2.23. The minimum atomic E-state index is 0.244. The summed E-state index contributed by atoms with van der Waals surface area (Å²) in [5.41, 5.74) is 0. The smallest absolute Gasteiger partial charge is 0.222 e. The van der Waals surface area contributed by atoms with Gasteiger partial charge in [0.25, 0.3) is 0 Å². The van der Waals surface area contributed by atoms with Gasteiger partial charge in [-0.3, -0.25) is 4.79 Å². The number of aromatic amines is 1. The van der Waals surface area contributed by atoms with Crippen LogP contribution in [-0.2, 0) is 11.3 Å². The number of nitrogens with zero attached hydrogens (tertiary/aromatic N) is 2. The molecule has 0 aromatic carbocycles. The van der Waals surface area contributed by atoms with Crippen LogP contribution in [0.4, 0.5) is 0 Å². The second kappa shape index (κ2) is 5.84. The highest BCUT2D eigenvalue weighted by molar-refractivity contribution is 5.76. The van der Waals surface area contributed by atoms with Crippen molar-refractivity contribution in [3.05, 3.63) is 18.2 Å². The Morgan fingerprint density at radius 2 is 2.24 bits per heavy atom. The van der Waals surface area contributed by atoms with Crippen molar-refractivity contribution >= 4 is 5.91 Å². The Bertz CT molecular complexity index is 342. The average molecular weight is 235 g/mol. The lowest BCUT2D eigenvalue weighted by atomic mass is 9.87. The van der Waals surface area contributed by atoms with Crippen molar-refractivity contribution in [3.8, 4) is 0 Å². The maximum atomic E-state index is 12.0. The van der Waals surface area contributed by atoms with E-state index in [0.29, 0.717) is 18.9 Å². The molecule has 1 saturated carbocycles. The van der Waals surface area contributed by atoms with Gasteiger partial charge in [0.1, 0.15) is 5.82 Å². The molecule has 2 rings (SSSR count). The predicted molar refractivity (Wildman–Crippen MR) is 66.3 cm³/mol. The first kappa shape index (κ1) is 12.1. The van der Waals surface area contributed by atoms with Crippen molar-refractivity contribution in [3.63, 3.8) is 0 Å². The zero-order chi connectivity index (χ0) is 12.1. The summed E-state index contributed by atoms with van der Waals surface area (Å²) in [5.74, 6) is 1.70. The van der Waals surface area contributed by atoms with E-state index in [-0.39, 0.29) is 5.91 Å². The molecule has 0 atom stereocenters. The van der Waals surface area contributed by atoms with Gasteiger partial charge in [0.05, 0.1) is 6.54 Å². The first-order chi connectivity index (χ1) is 8.25. The lowest BCUT2D eigenvalue weighted by Crippen LogP contribution is -2.29. The second-order valence-electron chi connectivity index (χ2n) is 4.99. The van der Waals surface area contributed by atoms with Crippen LogP contribution < -0.4 is 0 Å². The molecule has 0 aliphatic heterocycles. The molecule has 1 heterocycles. The third kappa shape index (κ3) is 3.58. The van der Waals surface area contributed by atoms with E-state index in [0.717, 1.165) is 5.82 Å². The van der Waals surface area contributed by atoms with Crippen molar-refractivity contribution in [2.75, 3.05) is 7.05 Å². The highest BCUT2D eigenvalue weighted by atomic mass is 16.2. The molecule has 0 radical (unpaired) electrons. The van der Waals surface area contributed by atoms with Gasteiger partial charge in [-0.25, -0.2) is 4.98 Å². The Balaban J connectivity index is 1.78. The fourth-order valence-corrected chi connectivity index (χ4v) is 2.49. The number of carbonyl (C=O) groups is 1. The molecule has 1 aliphatic rings. The molecule has 1 aromatic rings. The number of nitrogens with one attached hydrogen (secondary N) is 1. The van der Waals surface area contributed by atoms with Crippen LogP contribution in [0.5, 0.6) is 0 Å². The van der Waals surface area contributed by atoms with Crippen molar-refractivity contribution < 1.29 is 4.79 Å². The van der Waals surface area contributed by atoms with Gasteiger partial charge in [-0.1, -0.05) is 19.3 Å².